The van der Waals surface area contributed by atoms with Crippen molar-refractivity contribution in [1.29, 1.82) is 0 Å². The van der Waals surface area contributed by atoms with Crippen molar-refractivity contribution in [3.8, 4) is 0 Å². The highest BCUT2D eigenvalue weighted by Gasteiger charge is 2.33. The lowest BCUT2D eigenvalue weighted by molar-refractivity contribution is 0.218. The van der Waals surface area contributed by atoms with Crippen LogP contribution >= 0.6 is 0 Å². The Bertz CT molecular complexity index is 542. The first-order valence-corrected chi connectivity index (χ1v) is 8.20. The standard InChI is InChI=1S/C14H22N2O2S/c1-11-6-7-12(2)16(10-11)19(17,18)14-5-3-4-13(8-14)9-15/h3-5,8,11-12H,6-7,9-10,15H2,1-2H3. The summed E-state index contributed by atoms with van der Waals surface area (Å²) in [6, 6.07) is 7.01. The normalized spacial score (nSPS) is 25.4. The average Bonchev–Trinajstić information content (AvgIpc) is 2.41. The Balaban J connectivity index is 2.35. The van der Waals surface area contributed by atoms with Gasteiger partial charge in [0.25, 0.3) is 0 Å². The number of benzene rings is 1. The first kappa shape index (κ1) is 14.5. The van der Waals surface area contributed by atoms with Gasteiger partial charge >= 0.3 is 0 Å². The van der Waals surface area contributed by atoms with Gasteiger partial charge in [0, 0.05) is 19.1 Å². The quantitative estimate of drug-likeness (QED) is 0.921. The summed E-state index contributed by atoms with van der Waals surface area (Å²) in [6.07, 6.45) is 2.02. The third-order valence-electron chi connectivity index (χ3n) is 3.80. The van der Waals surface area contributed by atoms with Crippen molar-refractivity contribution >= 4 is 10.0 Å². The van der Waals surface area contributed by atoms with E-state index in [1.54, 1.807) is 22.5 Å². The van der Waals surface area contributed by atoms with E-state index in [0.29, 0.717) is 23.9 Å². The van der Waals surface area contributed by atoms with Gasteiger partial charge in [0.2, 0.25) is 10.0 Å². The fourth-order valence-corrected chi connectivity index (χ4v) is 4.40. The van der Waals surface area contributed by atoms with Crippen LogP contribution in [0.5, 0.6) is 0 Å². The molecule has 2 N–H and O–H groups in total. The smallest absolute Gasteiger partial charge is 0.243 e. The number of nitrogens with zero attached hydrogens (tertiary/aromatic N) is 1. The van der Waals surface area contributed by atoms with Crippen LogP contribution in [0.1, 0.15) is 32.3 Å². The van der Waals surface area contributed by atoms with Crippen molar-refractivity contribution in [3.63, 3.8) is 0 Å². The van der Waals surface area contributed by atoms with Gasteiger partial charge in [0.05, 0.1) is 4.90 Å². The van der Waals surface area contributed by atoms with Crippen molar-refractivity contribution in [1.82, 2.24) is 4.31 Å². The summed E-state index contributed by atoms with van der Waals surface area (Å²) in [6.45, 7) is 5.05. The van der Waals surface area contributed by atoms with Gasteiger partial charge < -0.3 is 5.73 Å². The molecule has 1 aromatic rings. The fraction of sp³-hybridized carbons (Fsp3) is 0.571. The minimum atomic E-state index is -3.40. The Kier molecular flexibility index (Phi) is 4.28. The molecule has 4 nitrogen and oxygen atoms in total. The van der Waals surface area contributed by atoms with Crippen LogP contribution in [0.25, 0.3) is 0 Å². The van der Waals surface area contributed by atoms with E-state index in [-0.39, 0.29) is 6.04 Å². The molecule has 0 aromatic heterocycles. The molecule has 1 saturated heterocycles. The van der Waals surface area contributed by atoms with Crippen LogP contribution in [0.3, 0.4) is 0 Å². The summed E-state index contributed by atoms with van der Waals surface area (Å²) in [5.41, 5.74) is 6.43. The zero-order valence-electron chi connectivity index (χ0n) is 11.5. The lowest BCUT2D eigenvalue weighted by atomic mass is 9.97. The molecular formula is C14H22N2O2S. The van der Waals surface area contributed by atoms with E-state index in [1.807, 2.05) is 13.0 Å². The number of hydrogen-bond acceptors (Lipinski definition) is 3. The van der Waals surface area contributed by atoms with E-state index in [4.69, 9.17) is 5.73 Å². The third kappa shape index (κ3) is 2.99. The molecule has 1 aromatic carbocycles. The summed E-state index contributed by atoms with van der Waals surface area (Å²) >= 11 is 0. The molecule has 0 aliphatic carbocycles. The van der Waals surface area contributed by atoms with Crippen LogP contribution in [0, 0.1) is 5.92 Å². The predicted molar refractivity (Wildman–Crippen MR) is 76.1 cm³/mol. The maximum atomic E-state index is 12.7. The molecule has 0 bridgehead atoms. The molecule has 0 saturated carbocycles. The lowest BCUT2D eigenvalue weighted by Crippen LogP contribution is -2.44. The van der Waals surface area contributed by atoms with Crippen LogP contribution in [0.4, 0.5) is 0 Å². The first-order chi connectivity index (χ1) is 8.95. The minimum absolute atomic E-state index is 0.0720. The van der Waals surface area contributed by atoms with Crippen molar-refractivity contribution in [2.45, 2.75) is 44.2 Å². The van der Waals surface area contributed by atoms with Gasteiger partial charge in [-0.2, -0.15) is 4.31 Å². The molecule has 19 heavy (non-hydrogen) atoms. The summed E-state index contributed by atoms with van der Waals surface area (Å²) in [7, 11) is -3.40. The largest absolute Gasteiger partial charge is 0.326 e. The number of piperidine rings is 1. The summed E-state index contributed by atoms with van der Waals surface area (Å²) in [5.74, 6) is 0.420. The van der Waals surface area contributed by atoms with Crippen molar-refractivity contribution < 1.29 is 8.42 Å². The summed E-state index contributed by atoms with van der Waals surface area (Å²) < 4.78 is 27.0. The van der Waals surface area contributed by atoms with E-state index >= 15 is 0 Å². The van der Waals surface area contributed by atoms with Crippen LogP contribution in [-0.4, -0.2) is 25.3 Å². The second-order valence-electron chi connectivity index (χ2n) is 5.46. The Labute approximate surface area is 115 Å². The summed E-state index contributed by atoms with van der Waals surface area (Å²) in [5, 5.41) is 0. The predicted octanol–water partition coefficient (Wildman–Crippen LogP) is 1.95. The van der Waals surface area contributed by atoms with E-state index in [2.05, 4.69) is 6.92 Å². The third-order valence-corrected chi connectivity index (χ3v) is 5.78. The molecule has 1 aliphatic heterocycles. The molecule has 0 radical (unpaired) electrons. The second kappa shape index (κ2) is 5.61. The Morgan fingerprint density at radius 3 is 2.74 bits per heavy atom. The minimum Gasteiger partial charge on any atom is -0.326 e. The average molecular weight is 282 g/mol. The maximum absolute atomic E-state index is 12.7. The molecule has 0 spiro atoms. The molecule has 5 heteroatoms. The highest BCUT2D eigenvalue weighted by Crippen LogP contribution is 2.28. The van der Waals surface area contributed by atoms with Crippen LogP contribution < -0.4 is 5.73 Å². The summed E-state index contributed by atoms with van der Waals surface area (Å²) in [4.78, 5) is 0.358. The van der Waals surface area contributed by atoms with Gasteiger partial charge in [0.1, 0.15) is 0 Å². The van der Waals surface area contributed by atoms with Gasteiger partial charge in [-0.25, -0.2) is 8.42 Å². The number of sulfonamides is 1. The molecule has 2 unspecified atom stereocenters. The topological polar surface area (TPSA) is 63.4 Å². The monoisotopic (exact) mass is 282 g/mol. The lowest BCUT2D eigenvalue weighted by Gasteiger charge is -2.35. The Hall–Kier alpha value is -0.910. The molecule has 2 atom stereocenters. The fourth-order valence-electron chi connectivity index (χ4n) is 2.55. The molecule has 1 heterocycles. The highest BCUT2D eigenvalue weighted by atomic mass is 32.2. The van der Waals surface area contributed by atoms with Crippen molar-refractivity contribution in [3.05, 3.63) is 29.8 Å². The van der Waals surface area contributed by atoms with E-state index in [1.165, 1.54) is 0 Å². The first-order valence-electron chi connectivity index (χ1n) is 6.76. The molecule has 2 rings (SSSR count). The molecule has 1 fully saturated rings. The Morgan fingerprint density at radius 1 is 1.32 bits per heavy atom. The highest BCUT2D eigenvalue weighted by molar-refractivity contribution is 7.89. The van der Waals surface area contributed by atoms with E-state index in [9.17, 15) is 8.42 Å². The number of nitrogens with two attached hydrogens (primary N) is 1. The molecular weight excluding hydrogens is 260 g/mol. The zero-order valence-corrected chi connectivity index (χ0v) is 12.4. The second-order valence-corrected chi connectivity index (χ2v) is 7.35. The molecule has 106 valence electrons. The van der Waals surface area contributed by atoms with Crippen molar-refractivity contribution in [2.24, 2.45) is 11.7 Å². The van der Waals surface area contributed by atoms with Crippen LogP contribution in [-0.2, 0) is 16.6 Å². The van der Waals surface area contributed by atoms with E-state index in [0.717, 1.165) is 18.4 Å². The van der Waals surface area contributed by atoms with Gasteiger partial charge in [-0.15, -0.1) is 0 Å². The van der Waals surface area contributed by atoms with E-state index < -0.39 is 10.0 Å². The SMILES string of the molecule is CC1CCC(C)N(S(=O)(=O)c2cccc(CN)c2)C1. The molecule has 1 aliphatic rings. The van der Waals surface area contributed by atoms with Crippen molar-refractivity contribution in [2.75, 3.05) is 6.54 Å². The number of hydrogen-bond donors (Lipinski definition) is 1. The Morgan fingerprint density at radius 2 is 2.05 bits per heavy atom. The maximum Gasteiger partial charge on any atom is 0.243 e. The number of rotatable bonds is 3. The van der Waals surface area contributed by atoms with Crippen LogP contribution in [0.2, 0.25) is 0 Å². The van der Waals surface area contributed by atoms with Gasteiger partial charge in [-0.1, -0.05) is 19.1 Å². The molecule has 0 amide bonds. The van der Waals surface area contributed by atoms with Gasteiger partial charge in [0.15, 0.2) is 0 Å². The van der Waals surface area contributed by atoms with Gasteiger partial charge in [-0.3, -0.25) is 0 Å². The van der Waals surface area contributed by atoms with Crippen LogP contribution in [0.15, 0.2) is 29.2 Å². The zero-order chi connectivity index (χ0) is 14.0. The van der Waals surface area contributed by atoms with Gasteiger partial charge in [-0.05, 0) is 43.4 Å².